The summed E-state index contributed by atoms with van der Waals surface area (Å²) in [6, 6.07) is 9.15. The number of carbonyl (C=O) groups excluding carboxylic acids is 1. The van der Waals surface area contributed by atoms with E-state index in [0.29, 0.717) is 31.1 Å². The molecule has 1 amide bonds. The van der Waals surface area contributed by atoms with Crippen LogP contribution in [0.25, 0.3) is 26.9 Å². The first-order valence-corrected chi connectivity index (χ1v) is 11.9. The second-order valence-electron chi connectivity index (χ2n) is 9.41. The molecule has 2 aliphatic rings. The zero-order valence-corrected chi connectivity index (χ0v) is 19.5. The van der Waals surface area contributed by atoms with E-state index in [1.165, 1.54) is 0 Å². The van der Waals surface area contributed by atoms with Gasteiger partial charge in [0.15, 0.2) is 11.5 Å². The van der Waals surface area contributed by atoms with Crippen LogP contribution in [0.4, 0.5) is 20.3 Å². The number of fused-ring (bicyclic) bond motifs is 1. The summed E-state index contributed by atoms with van der Waals surface area (Å²) in [7, 11) is 0. The van der Waals surface area contributed by atoms with Crippen molar-refractivity contribution in [3.63, 3.8) is 0 Å². The minimum atomic E-state index is -2.64. The van der Waals surface area contributed by atoms with Gasteiger partial charge in [0.05, 0.1) is 6.57 Å². The number of hydrogen-bond acceptors (Lipinski definition) is 5. The van der Waals surface area contributed by atoms with Gasteiger partial charge in [-0.2, -0.15) is 0 Å². The van der Waals surface area contributed by atoms with E-state index in [1.807, 2.05) is 30.0 Å². The first-order chi connectivity index (χ1) is 16.9. The SMILES string of the molecule is [C-]#[N+]c1ccc(-c2nnc(N3CCN(C(=O)C4CCC(F)(F)CC4)C[C@H]3C)c3cnccc23)cc1. The molecule has 3 aromatic rings. The van der Waals surface area contributed by atoms with E-state index in [1.54, 1.807) is 24.5 Å². The third kappa shape index (κ3) is 4.53. The van der Waals surface area contributed by atoms with Crippen LogP contribution in [0.15, 0.2) is 42.7 Å². The first-order valence-electron chi connectivity index (χ1n) is 11.9. The van der Waals surface area contributed by atoms with Crippen molar-refractivity contribution in [1.29, 1.82) is 0 Å². The van der Waals surface area contributed by atoms with Gasteiger partial charge in [0, 0.05) is 73.2 Å². The lowest BCUT2D eigenvalue weighted by atomic mass is 9.85. The third-order valence-electron chi connectivity index (χ3n) is 7.11. The minimum absolute atomic E-state index is 0.0113. The maximum Gasteiger partial charge on any atom is 0.248 e. The number of pyridine rings is 1. The van der Waals surface area contributed by atoms with Gasteiger partial charge in [-0.3, -0.25) is 9.78 Å². The summed E-state index contributed by atoms with van der Waals surface area (Å²) in [5.41, 5.74) is 2.15. The smallest absolute Gasteiger partial charge is 0.248 e. The van der Waals surface area contributed by atoms with Gasteiger partial charge in [-0.15, -0.1) is 10.2 Å². The summed E-state index contributed by atoms with van der Waals surface area (Å²) in [6.07, 6.45) is 3.59. The Labute approximate surface area is 202 Å². The number of alkyl halides is 2. The van der Waals surface area contributed by atoms with Crippen LogP contribution in [0.5, 0.6) is 0 Å². The average molecular weight is 477 g/mol. The van der Waals surface area contributed by atoms with Crippen LogP contribution in [0.1, 0.15) is 32.6 Å². The van der Waals surface area contributed by atoms with Crippen LogP contribution in [0, 0.1) is 12.5 Å². The Bertz CT molecular complexity index is 1280. The number of halogens is 2. The minimum Gasteiger partial charge on any atom is -0.348 e. The summed E-state index contributed by atoms with van der Waals surface area (Å²) in [6.45, 7) is 10.8. The summed E-state index contributed by atoms with van der Waals surface area (Å²) in [4.78, 5) is 24.7. The number of rotatable bonds is 3. The fourth-order valence-electron chi connectivity index (χ4n) is 5.12. The largest absolute Gasteiger partial charge is 0.348 e. The fourth-order valence-corrected chi connectivity index (χ4v) is 5.12. The number of carbonyl (C=O) groups is 1. The molecule has 180 valence electrons. The van der Waals surface area contributed by atoms with Crippen LogP contribution in [0.3, 0.4) is 0 Å². The van der Waals surface area contributed by atoms with Gasteiger partial charge in [0.2, 0.25) is 11.8 Å². The molecule has 1 saturated heterocycles. The number of piperazine rings is 1. The van der Waals surface area contributed by atoms with Gasteiger partial charge in [-0.25, -0.2) is 13.6 Å². The van der Waals surface area contributed by atoms with Crippen molar-refractivity contribution in [3.05, 3.63) is 54.1 Å². The van der Waals surface area contributed by atoms with Crippen molar-refractivity contribution in [1.82, 2.24) is 20.1 Å². The maximum atomic E-state index is 13.5. The molecule has 9 heteroatoms. The van der Waals surface area contributed by atoms with E-state index < -0.39 is 5.92 Å². The molecule has 1 atom stereocenters. The Morgan fingerprint density at radius 2 is 1.83 bits per heavy atom. The van der Waals surface area contributed by atoms with E-state index in [0.717, 1.165) is 22.0 Å². The summed E-state index contributed by atoms with van der Waals surface area (Å²) >= 11 is 0. The molecular weight excluding hydrogens is 450 g/mol. The zero-order chi connectivity index (χ0) is 24.6. The molecular formula is C26H26F2N6O. The standard InChI is InChI=1S/C26H26F2N6O/c1-17-16-33(25(35)19-7-10-26(27,28)11-8-19)13-14-34(17)24-22-15-30-12-9-21(22)23(31-32-24)18-3-5-20(29-2)6-4-18/h3-6,9,12,15,17,19H,7-8,10-11,13-14,16H2,1H3/t17-/m1/s1. The summed E-state index contributed by atoms with van der Waals surface area (Å²) in [5.74, 6) is -2.25. The molecule has 7 nitrogen and oxygen atoms in total. The summed E-state index contributed by atoms with van der Waals surface area (Å²) < 4.78 is 27.0. The Kier molecular flexibility index (Phi) is 6.05. The number of hydrogen-bond donors (Lipinski definition) is 0. The highest BCUT2D eigenvalue weighted by Crippen LogP contribution is 2.38. The van der Waals surface area contributed by atoms with Crippen molar-refractivity contribution >= 4 is 28.2 Å². The van der Waals surface area contributed by atoms with E-state index in [9.17, 15) is 13.6 Å². The van der Waals surface area contributed by atoms with Crippen molar-refractivity contribution < 1.29 is 13.6 Å². The van der Waals surface area contributed by atoms with E-state index in [4.69, 9.17) is 6.57 Å². The Hall–Kier alpha value is -3.67. The molecule has 35 heavy (non-hydrogen) atoms. The van der Waals surface area contributed by atoms with Crippen molar-refractivity contribution in [2.45, 2.75) is 44.6 Å². The maximum absolute atomic E-state index is 13.5. The highest BCUT2D eigenvalue weighted by Gasteiger charge is 2.40. The van der Waals surface area contributed by atoms with E-state index in [2.05, 4.69) is 24.9 Å². The molecule has 0 spiro atoms. The predicted octanol–water partition coefficient (Wildman–Crippen LogP) is 5.11. The molecule has 2 fully saturated rings. The third-order valence-corrected chi connectivity index (χ3v) is 7.11. The number of amides is 1. The van der Waals surface area contributed by atoms with Crippen molar-refractivity contribution in [2.24, 2.45) is 5.92 Å². The monoisotopic (exact) mass is 476 g/mol. The number of nitrogens with zero attached hydrogens (tertiary/aromatic N) is 6. The average Bonchev–Trinajstić information content (AvgIpc) is 2.88. The first kappa shape index (κ1) is 23.1. The second-order valence-corrected chi connectivity index (χ2v) is 9.41. The fraction of sp³-hybridized carbons (Fsp3) is 0.423. The lowest BCUT2D eigenvalue weighted by molar-refractivity contribution is -0.140. The van der Waals surface area contributed by atoms with Gasteiger partial charge < -0.3 is 9.80 Å². The second kappa shape index (κ2) is 9.17. The predicted molar refractivity (Wildman–Crippen MR) is 129 cm³/mol. The highest BCUT2D eigenvalue weighted by molar-refractivity contribution is 6.00. The van der Waals surface area contributed by atoms with E-state index in [-0.39, 0.29) is 43.6 Å². The highest BCUT2D eigenvalue weighted by atomic mass is 19.3. The number of anilines is 1. The van der Waals surface area contributed by atoms with Gasteiger partial charge >= 0.3 is 0 Å². The van der Waals surface area contributed by atoms with Gasteiger partial charge in [0.1, 0.15) is 5.69 Å². The van der Waals surface area contributed by atoms with Crippen LogP contribution < -0.4 is 4.90 Å². The van der Waals surface area contributed by atoms with Gasteiger partial charge in [-0.1, -0.05) is 24.3 Å². The summed E-state index contributed by atoms with van der Waals surface area (Å²) in [5, 5.41) is 10.9. The molecule has 0 radical (unpaired) electrons. The molecule has 0 unspecified atom stereocenters. The zero-order valence-electron chi connectivity index (χ0n) is 19.5. The normalized spacial score (nSPS) is 20.6. The van der Waals surface area contributed by atoms with Gasteiger partial charge in [0.25, 0.3) is 0 Å². The molecule has 0 N–H and O–H groups in total. The Morgan fingerprint density at radius 1 is 1.09 bits per heavy atom. The molecule has 1 aromatic carbocycles. The lowest BCUT2D eigenvalue weighted by Crippen LogP contribution is -2.55. The van der Waals surface area contributed by atoms with Crippen LogP contribution in [0.2, 0.25) is 0 Å². The molecule has 0 bridgehead atoms. The van der Waals surface area contributed by atoms with Crippen molar-refractivity contribution in [2.75, 3.05) is 24.5 Å². The molecule has 2 aromatic heterocycles. The van der Waals surface area contributed by atoms with Gasteiger partial charge in [-0.05, 0) is 25.8 Å². The molecule has 3 heterocycles. The molecule has 1 saturated carbocycles. The molecule has 1 aliphatic carbocycles. The Balaban J connectivity index is 1.37. The van der Waals surface area contributed by atoms with E-state index >= 15 is 0 Å². The number of benzene rings is 1. The lowest BCUT2D eigenvalue weighted by Gasteiger charge is -2.42. The quantitative estimate of drug-likeness (QED) is 0.492. The van der Waals surface area contributed by atoms with Crippen LogP contribution in [-0.4, -0.2) is 57.6 Å². The topological polar surface area (TPSA) is 66.6 Å². The van der Waals surface area contributed by atoms with Crippen molar-refractivity contribution in [3.8, 4) is 11.3 Å². The van der Waals surface area contributed by atoms with Crippen LogP contribution in [-0.2, 0) is 4.79 Å². The molecule has 1 aliphatic heterocycles. The van der Waals surface area contributed by atoms with Crippen LogP contribution >= 0.6 is 0 Å². The number of aromatic nitrogens is 3. The Morgan fingerprint density at radius 3 is 2.51 bits per heavy atom. The molecule has 5 rings (SSSR count).